The van der Waals surface area contributed by atoms with E-state index >= 15 is 0 Å². The largest absolute Gasteiger partial charge is 0.492 e. The van der Waals surface area contributed by atoms with Gasteiger partial charge in [0, 0.05) is 6.54 Å². The summed E-state index contributed by atoms with van der Waals surface area (Å²) in [6.07, 6.45) is 2.22. The van der Waals surface area contributed by atoms with Crippen molar-refractivity contribution in [1.82, 2.24) is 0 Å². The zero-order chi connectivity index (χ0) is 13.3. The second-order valence-corrected chi connectivity index (χ2v) is 4.45. The summed E-state index contributed by atoms with van der Waals surface area (Å²) in [5.74, 6) is 0.935. The Balaban J connectivity index is 1.79. The van der Waals surface area contributed by atoms with Gasteiger partial charge in [-0.1, -0.05) is 42.5 Å². The van der Waals surface area contributed by atoms with Gasteiger partial charge < -0.3 is 10.1 Å². The summed E-state index contributed by atoms with van der Waals surface area (Å²) in [5, 5.41) is 3.44. The van der Waals surface area contributed by atoms with Crippen LogP contribution >= 0.6 is 0 Å². The van der Waals surface area contributed by atoms with Crippen LogP contribution in [0.2, 0.25) is 0 Å². The normalized spacial score (nSPS) is 10.2. The third kappa shape index (κ3) is 4.32. The van der Waals surface area contributed by atoms with Crippen molar-refractivity contribution in [2.75, 3.05) is 18.5 Å². The van der Waals surface area contributed by atoms with Crippen LogP contribution in [-0.4, -0.2) is 13.2 Å². The van der Waals surface area contributed by atoms with Gasteiger partial charge in [-0.2, -0.15) is 0 Å². The lowest BCUT2D eigenvalue weighted by atomic mass is 10.1. The fourth-order valence-electron chi connectivity index (χ4n) is 2.05. The van der Waals surface area contributed by atoms with Crippen LogP contribution in [-0.2, 0) is 6.42 Å². The van der Waals surface area contributed by atoms with E-state index in [0.717, 1.165) is 30.8 Å². The van der Waals surface area contributed by atoms with E-state index in [9.17, 15) is 0 Å². The molecule has 0 aromatic heterocycles. The van der Waals surface area contributed by atoms with Crippen LogP contribution in [0.1, 0.15) is 18.9 Å². The summed E-state index contributed by atoms with van der Waals surface area (Å²) in [5.41, 5.74) is 2.47. The van der Waals surface area contributed by atoms with Crippen LogP contribution in [0.5, 0.6) is 5.75 Å². The topological polar surface area (TPSA) is 21.3 Å². The molecule has 0 unspecified atom stereocenters. The molecule has 2 heteroatoms. The fourth-order valence-corrected chi connectivity index (χ4v) is 2.05. The molecule has 1 N–H and O–H groups in total. The van der Waals surface area contributed by atoms with E-state index in [2.05, 4.69) is 41.7 Å². The van der Waals surface area contributed by atoms with E-state index < -0.39 is 0 Å². The highest BCUT2D eigenvalue weighted by molar-refractivity contribution is 5.56. The summed E-state index contributed by atoms with van der Waals surface area (Å²) < 4.78 is 5.59. The van der Waals surface area contributed by atoms with Crippen LogP contribution in [0, 0.1) is 0 Å². The van der Waals surface area contributed by atoms with Gasteiger partial charge in [-0.25, -0.2) is 0 Å². The van der Waals surface area contributed by atoms with Gasteiger partial charge in [-0.05, 0) is 37.5 Å². The highest BCUT2D eigenvalue weighted by Crippen LogP contribution is 2.23. The standard InChI is InChI=1S/C17H21NO/c1-2-19-17-13-7-6-12-16(17)18-14-8-11-15-9-4-3-5-10-15/h3-7,9-10,12-13,18H,2,8,11,14H2,1H3. The number of aryl methyl sites for hydroxylation is 1. The maximum atomic E-state index is 5.59. The Morgan fingerprint density at radius 3 is 2.47 bits per heavy atom. The summed E-state index contributed by atoms with van der Waals surface area (Å²) in [4.78, 5) is 0. The molecular weight excluding hydrogens is 234 g/mol. The summed E-state index contributed by atoms with van der Waals surface area (Å²) >= 11 is 0. The third-order valence-corrected chi connectivity index (χ3v) is 2.99. The van der Waals surface area contributed by atoms with Crippen LogP contribution in [0.3, 0.4) is 0 Å². The molecular formula is C17H21NO. The molecule has 0 saturated heterocycles. The van der Waals surface area contributed by atoms with Gasteiger partial charge in [0.2, 0.25) is 0 Å². The van der Waals surface area contributed by atoms with Crippen molar-refractivity contribution in [3.8, 4) is 5.75 Å². The molecule has 0 heterocycles. The number of hydrogen-bond acceptors (Lipinski definition) is 2. The molecule has 0 bridgehead atoms. The van der Waals surface area contributed by atoms with Crippen molar-refractivity contribution in [1.29, 1.82) is 0 Å². The highest BCUT2D eigenvalue weighted by Gasteiger charge is 2.00. The van der Waals surface area contributed by atoms with E-state index in [1.807, 2.05) is 25.1 Å². The van der Waals surface area contributed by atoms with E-state index in [0.29, 0.717) is 6.61 Å². The van der Waals surface area contributed by atoms with E-state index in [1.54, 1.807) is 0 Å². The number of rotatable bonds is 7. The van der Waals surface area contributed by atoms with Crippen LogP contribution in [0.15, 0.2) is 54.6 Å². The van der Waals surface area contributed by atoms with Crippen molar-refractivity contribution in [3.05, 3.63) is 60.2 Å². The second-order valence-electron chi connectivity index (χ2n) is 4.45. The maximum absolute atomic E-state index is 5.59. The quantitative estimate of drug-likeness (QED) is 0.751. The monoisotopic (exact) mass is 255 g/mol. The third-order valence-electron chi connectivity index (χ3n) is 2.99. The lowest BCUT2D eigenvalue weighted by Crippen LogP contribution is -2.05. The lowest BCUT2D eigenvalue weighted by molar-refractivity contribution is 0.341. The van der Waals surface area contributed by atoms with Crippen molar-refractivity contribution in [3.63, 3.8) is 0 Å². The zero-order valence-electron chi connectivity index (χ0n) is 11.4. The van der Waals surface area contributed by atoms with Crippen molar-refractivity contribution in [2.24, 2.45) is 0 Å². The number of benzene rings is 2. The molecule has 0 spiro atoms. The second kappa shape index (κ2) is 7.47. The molecule has 2 nitrogen and oxygen atoms in total. The summed E-state index contributed by atoms with van der Waals surface area (Å²) in [7, 11) is 0. The molecule has 0 aliphatic heterocycles. The minimum Gasteiger partial charge on any atom is -0.492 e. The first-order valence-electron chi connectivity index (χ1n) is 6.90. The molecule has 2 aromatic carbocycles. The average Bonchev–Trinajstić information content (AvgIpc) is 2.47. The van der Waals surface area contributed by atoms with Gasteiger partial charge in [-0.3, -0.25) is 0 Å². The predicted molar refractivity (Wildman–Crippen MR) is 80.9 cm³/mol. The minimum atomic E-state index is 0.697. The van der Waals surface area contributed by atoms with Gasteiger partial charge in [0.25, 0.3) is 0 Å². The van der Waals surface area contributed by atoms with Crippen molar-refractivity contribution in [2.45, 2.75) is 19.8 Å². The van der Waals surface area contributed by atoms with E-state index in [4.69, 9.17) is 4.74 Å². The molecule has 0 radical (unpaired) electrons. The Morgan fingerprint density at radius 2 is 1.68 bits per heavy atom. The fraction of sp³-hybridized carbons (Fsp3) is 0.294. The Bertz CT molecular complexity index is 482. The number of anilines is 1. The summed E-state index contributed by atoms with van der Waals surface area (Å²) in [6, 6.07) is 18.7. The molecule has 2 rings (SSSR count). The first kappa shape index (κ1) is 13.5. The van der Waals surface area contributed by atoms with E-state index in [1.165, 1.54) is 5.56 Å². The molecule has 0 amide bonds. The average molecular weight is 255 g/mol. The molecule has 0 atom stereocenters. The SMILES string of the molecule is CCOc1ccccc1NCCCc1ccccc1. The zero-order valence-corrected chi connectivity index (χ0v) is 11.4. The molecule has 100 valence electrons. The molecule has 19 heavy (non-hydrogen) atoms. The Hall–Kier alpha value is -1.96. The maximum Gasteiger partial charge on any atom is 0.142 e. The van der Waals surface area contributed by atoms with Crippen LogP contribution in [0.25, 0.3) is 0 Å². The van der Waals surface area contributed by atoms with Gasteiger partial charge in [0.05, 0.1) is 12.3 Å². The summed E-state index contributed by atoms with van der Waals surface area (Å²) in [6.45, 7) is 3.66. The number of nitrogens with one attached hydrogen (secondary N) is 1. The van der Waals surface area contributed by atoms with Crippen LogP contribution < -0.4 is 10.1 Å². The predicted octanol–water partition coefficient (Wildman–Crippen LogP) is 4.13. The van der Waals surface area contributed by atoms with Gasteiger partial charge in [0.15, 0.2) is 0 Å². The van der Waals surface area contributed by atoms with Crippen molar-refractivity contribution < 1.29 is 4.74 Å². The molecule has 0 aliphatic rings. The molecule has 2 aromatic rings. The van der Waals surface area contributed by atoms with Crippen LogP contribution in [0.4, 0.5) is 5.69 Å². The number of ether oxygens (including phenoxy) is 1. The molecule has 0 saturated carbocycles. The Morgan fingerprint density at radius 1 is 0.947 bits per heavy atom. The van der Waals surface area contributed by atoms with Crippen molar-refractivity contribution >= 4 is 5.69 Å². The van der Waals surface area contributed by atoms with Gasteiger partial charge in [0.1, 0.15) is 5.75 Å². The Kier molecular flexibility index (Phi) is 5.30. The smallest absolute Gasteiger partial charge is 0.142 e. The van der Waals surface area contributed by atoms with E-state index in [-0.39, 0.29) is 0 Å². The Labute approximate surface area is 115 Å². The van der Waals surface area contributed by atoms with Gasteiger partial charge in [-0.15, -0.1) is 0 Å². The first-order valence-corrected chi connectivity index (χ1v) is 6.90. The van der Waals surface area contributed by atoms with Gasteiger partial charge >= 0.3 is 0 Å². The minimum absolute atomic E-state index is 0.697. The number of para-hydroxylation sites is 2. The highest BCUT2D eigenvalue weighted by atomic mass is 16.5. The molecule has 0 aliphatic carbocycles. The first-order chi connectivity index (χ1) is 9.40. The lowest BCUT2D eigenvalue weighted by Gasteiger charge is -2.12. The molecule has 0 fully saturated rings. The number of hydrogen-bond donors (Lipinski definition) is 1.